The van der Waals surface area contributed by atoms with E-state index in [0.29, 0.717) is 23.3 Å². The molecule has 0 unspecified atom stereocenters. The molecule has 0 aromatic carbocycles. The number of amides is 1. The molecule has 4 heterocycles. The Hall–Kier alpha value is -2.96. The number of nitrogens with one attached hydrogen (secondary N) is 1. The van der Waals surface area contributed by atoms with Gasteiger partial charge in [0.05, 0.1) is 11.8 Å². The van der Waals surface area contributed by atoms with Crippen molar-refractivity contribution < 1.29 is 4.79 Å². The first-order chi connectivity index (χ1) is 13.2. The van der Waals surface area contributed by atoms with Crippen LogP contribution in [0.15, 0.2) is 36.8 Å². The predicted molar refractivity (Wildman–Crippen MR) is 103 cm³/mol. The van der Waals surface area contributed by atoms with Crippen molar-refractivity contribution >= 4 is 23.2 Å². The summed E-state index contributed by atoms with van der Waals surface area (Å²) < 4.78 is 1.76. The van der Waals surface area contributed by atoms with Crippen molar-refractivity contribution in [2.24, 2.45) is 0 Å². The van der Waals surface area contributed by atoms with E-state index in [1.54, 1.807) is 29.0 Å². The smallest absolute Gasteiger partial charge is 0.258 e. The number of nitrogens with zero attached hydrogens (tertiary/aromatic N) is 5. The van der Waals surface area contributed by atoms with Crippen LogP contribution >= 0.6 is 0 Å². The fourth-order valence-electron chi connectivity index (χ4n) is 3.84. The molecule has 0 spiro atoms. The summed E-state index contributed by atoms with van der Waals surface area (Å²) in [7, 11) is 0. The molecule has 1 saturated heterocycles. The van der Waals surface area contributed by atoms with Crippen LogP contribution in [0.2, 0.25) is 0 Å². The van der Waals surface area contributed by atoms with E-state index in [1.165, 1.54) is 31.2 Å². The molecule has 2 fully saturated rings. The van der Waals surface area contributed by atoms with Gasteiger partial charge >= 0.3 is 0 Å². The third-order valence-electron chi connectivity index (χ3n) is 5.52. The van der Waals surface area contributed by atoms with Crippen LogP contribution in [0.4, 0.5) is 11.6 Å². The molecule has 3 aromatic rings. The first-order valence-electron chi connectivity index (χ1n) is 9.57. The maximum atomic E-state index is 12.7. The number of hydrogen-bond donors (Lipinski definition) is 1. The monoisotopic (exact) mass is 362 g/mol. The summed E-state index contributed by atoms with van der Waals surface area (Å²) in [4.78, 5) is 24.0. The normalized spacial score (nSPS) is 19.6. The molecule has 5 rings (SSSR count). The Labute approximate surface area is 157 Å². The second-order valence-electron chi connectivity index (χ2n) is 7.49. The molecule has 27 heavy (non-hydrogen) atoms. The summed E-state index contributed by atoms with van der Waals surface area (Å²) in [5.41, 5.74) is 2.56. The molecule has 1 saturated carbocycles. The Bertz CT molecular complexity index is 994. The fourth-order valence-corrected chi connectivity index (χ4v) is 3.84. The third kappa shape index (κ3) is 2.93. The molecule has 0 bridgehead atoms. The van der Waals surface area contributed by atoms with Crippen molar-refractivity contribution in [2.75, 3.05) is 16.8 Å². The number of pyridine rings is 1. The Morgan fingerprint density at radius 2 is 2.15 bits per heavy atom. The van der Waals surface area contributed by atoms with Gasteiger partial charge in [0, 0.05) is 36.6 Å². The lowest BCUT2D eigenvalue weighted by atomic mass is 10.2. The van der Waals surface area contributed by atoms with Crippen molar-refractivity contribution in [3.05, 3.63) is 47.9 Å². The van der Waals surface area contributed by atoms with E-state index in [-0.39, 0.29) is 5.91 Å². The number of carbonyl (C=O) groups excluding carboxylic acids is 1. The van der Waals surface area contributed by atoms with Crippen LogP contribution in [-0.2, 0) is 0 Å². The van der Waals surface area contributed by atoms with Crippen molar-refractivity contribution in [1.29, 1.82) is 0 Å². The van der Waals surface area contributed by atoms with Gasteiger partial charge in [0.25, 0.3) is 5.91 Å². The summed E-state index contributed by atoms with van der Waals surface area (Å²) in [6, 6.07) is 5.90. The van der Waals surface area contributed by atoms with E-state index in [1.807, 2.05) is 12.3 Å². The molecular weight excluding hydrogens is 340 g/mol. The number of hydrogen-bond acceptors (Lipinski definition) is 5. The molecule has 7 heteroatoms. The van der Waals surface area contributed by atoms with E-state index < -0.39 is 0 Å². The van der Waals surface area contributed by atoms with E-state index in [2.05, 4.69) is 27.2 Å². The average molecular weight is 362 g/mol. The zero-order valence-electron chi connectivity index (χ0n) is 15.3. The molecule has 1 atom stereocenters. The van der Waals surface area contributed by atoms with Gasteiger partial charge in [-0.05, 0) is 50.7 Å². The number of rotatable bonds is 4. The number of carbonyl (C=O) groups is 1. The SMILES string of the molecule is C[C@H]1CCCN1c1cc(NC(=O)c2cccnc2)n2ncc(C3CC3)c2n1. The Morgan fingerprint density at radius 3 is 2.85 bits per heavy atom. The molecule has 1 aliphatic carbocycles. The topological polar surface area (TPSA) is 75.4 Å². The van der Waals surface area contributed by atoms with Crippen LogP contribution in [0.1, 0.15) is 54.4 Å². The lowest BCUT2D eigenvalue weighted by Gasteiger charge is -2.23. The summed E-state index contributed by atoms with van der Waals surface area (Å²) in [6.45, 7) is 3.22. The van der Waals surface area contributed by atoms with Crippen LogP contribution < -0.4 is 10.2 Å². The van der Waals surface area contributed by atoms with Gasteiger partial charge in [-0.1, -0.05) is 0 Å². The van der Waals surface area contributed by atoms with E-state index in [4.69, 9.17) is 4.98 Å². The summed E-state index contributed by atoms with van der Waals surface area (Å²) in [5.74, 6) is 1.91. The first-order valence-corrected chi connectivity index (χ1v) is 9.57. The largest absolute Gasteiger partial charge is 0.354 e. The Kier molecular flexibility index (Phi) is 3.81. The zero-order chi connectivity index (χ0) is 18.4. The minimum absolute atomic E-state index is 0.195. The van der Waals surface area contributed by atoms with Crippen molar-refractivity contribution in [3.63, 3.8) is 0 Å². The molecule has 138 valence electrons. The van der Waals surface area contributed by atoms with Gasteiger partial charge in [0.1, 0.15) is 11.6 Å². The molecule has 7 nitrogen and oxygen atoms in total. The van der Waals surface area contributed by atoms with E-state index >= 15 is 0 Å². The van der Waals surface area contributed by atoms with Gasteiger partial charge in [-0.3, -0.25) is 9.78 Å². The third-order valence-corrected chi connectivity index (χ3v) is 5.52. The highest BCUT2D eigenvalue weighted by molar-refractivity contribution is 6.03. The molecule has 0 radical (unpaired) electrons. The van der Waals surface area contributed by atoms with Crippen LogP contribution in [0, 0.1) is 0 Å². The zero-order valence-corrected chi connectivity index (χ0v) is 15.3. The average Bonchev–Trinajstić information content (AvgIpc) is 3.29. The standard InChI is InChI=1S/C20H22N6O/c1-13-4-3-9-25(13)17-10-18(24-20(27)15-5-2-8-21-11-15)26-19(23-17)16(12-22-26)14-6-7-14/h2,5,8,10-14H,3-4,6-7,9H2,1H3,(H,24,27)/t13-/m0/s1. The van der Waals surface area contributed by atoms with E-state index in [0.717, 1.165) is 18.0 Å². The number of anilines is 2. The minimum atomic E-state index is -0.195. The van der Waals surface area contributed by atoms with Gasteiger partial charge < -0.3 is 10.2 Å². The van der Waals surface area contributed by atoms with Gasteiger partial charge in [0.15, 0.2) is 5.65 Å². The van der Waals surface area contributed by atoms with E-state index in [9.17, 15) is 4.79 Å². The predicted octanol–water partition coefficient (Wildman–Crippen LogP) is 3.24. The van der Waals surface area contributed by atoms with Gasteiger partial charge in [-0.25, -0.2) is 4.98 Å². The molecule has 1 aliphatic heterocycles. The van der Waals surface area contributed by atoms with Gasteiger partial charge in [-0.15, -0.1) is 0 Å². The molecule has 1 N–H and O–H groups in total. The highest BCUT2D eigenvalue weighted by Gasteiger charge is 2.30. The first kappa shape index (κ1) is 16.2. The Balaban J connectivity index is 1.58. The fraction of sp³-hybridized carbons (Fsp3) is 0.400. The highest BCUT2D eigenvalue weighted by Crippen LogP contribution is 2.42. The molecule has 1 amide bonds. The number of aromatic nitrogens is 4. The number of fused-ring (bicyclic) bond motifs is 1. The quantitative estimate of drug-likeness (QED) is 0.771. The van der Waals surface area contributed by atoms with Crippen molar-refractivity contribution in [3.8, 4) is 0 Å². The lowest BCUT2D eigenvalue weighted by Crippen LogP contribution is -2.28. The molecular formula is C20H22N6O. The second-order valence-corrected chi connectivity index (χ2v) is 7.49. The summed E-state index contributed by atoms with van der Waals surface area (Å²) in [5, 5.41) is 7.53. The molecule has 2 aliphatic rings. The van der Waals surface area contributed by atoms with Gasteiger partial charge in [0.2, 0.25) is 0 Å². The van der Waals surface area contributed by atoms with Crippen LogP contribution in [0.3, 0.4) is 0 Å². The lowest BCUT2D eigenvalue weighted by molar-refractivity contribution is 0.102. The van der Waals surface area contributed by atoms with Crippen LogP contribution in [-0.4, -0.2) is 38.1 Å². The van der Waals surface area contributed by atoms with Crippen molar-refractivity contribution in [2.45, 2.75) is 44.6 Å². The minimum Gasteiger partial charge on any atom is -0.354 e. The second kappa shape index (κ2) is 6.33. The van der Waals surface area contributed by atoms with Crippen LogP contribution in [0.5, 0.6) is 0 Å². The summed E-state index contributed by atoms with van der Waals surface area (Å²) >= 11 is 0. The van der Waals surface area contributed by atoms with Gasteiger partial charge in [-0.2, -0.15) is 9.61 Å². The highest BCUT2D eigenvalue weighted by atomic mass is 16.1. The Morgan fingerprint density at radius 1 is 1.26 bits per heavy atom. The molecule has 3 aromatic heterocycles. The summed E-state index contributed by atoms with van der Waals surface area (Å²) in [6.07, 6.45) is 9.82. The van der Waals surface area contributed by atoms with Crippen molar-refractivity contribution in [1.82, 2.24) is 19.6 Å². The maximum Gasteiger partial charge on any atom is 0.258 e. The van der Waals surface area contributed by atoms with Crippen LogP contribution in [0.25, 0.3) is 5.65 Å². The maximum absolute atomic E-state index is 12.7.